The van der Waals surface area contributed by atoms with Crippen molar-refractivity contribution >= 4 is 55.1 Å². The van der Waals surface area contributed by atoms with Crippen LogP contribution in [-0.2, 0) is 11.3 Å². The Labute approximate surface area is 137 Å². The Kier molecular flexibility index (Phi) is 5.12. The van der Waals surface area contributed by atoms with Gasteiger partial charge < -0.3 is 14.5 Å². The molecule has 0 saturated carbocycles. The Hall–Kier alpha value is -0.980. The maximum Gasteiger partial charge on any atom is 0.339 e. The van der Waals surface area contributed by atoms with Gasteiger partial charge in [0.2, 0.25) is 0 Å². The molecule has 0 aliphatic carbocycles. The van der Waals surface area contributed by atoms with Crippen molar-refractivity contribution in [3.8, 4) is 0 Å². The molecular formula is C13H10Br2ClNO3. The van der Waals surface area contributed by atoms with Gasteiger partial charge in [-0.2, -0.15) is 0 Å². The molecular weight excluding hydrogens is 413 g/mol. The lowest BCUT2D eigenvalue weighted by Gasteiger charge is -2.10. The summed E-state index contributed by atoms with van der Waals surface area (Å²) in [7, 11) is 1.33. The lowest BCUT2D eigenvalue weighted by molar-refractivity contribution is 0.0602. The number of nitrogens with one attached hydrogen (secondary N) is 1. The minimum atomic E-state index is -0.425. The number of rotatable bonds is 4. The average Bonchev–Trinajstić information content (AvgIpc) is 2.75. The zero-order valence-electron chi connectivity index (χ0n) is 10.4. The van der Waals surface area contributed by atoms with E-state index < -0.39 is 5.97 Å². The van der Waals surface area contributed by atoms with Crippen LogP contribution in [0.4, 0.5) is 5.69 Å². The lowest BCUT2D eigenvalue weighted by atomic mass is 10.1. The third-order valence-electron chi connectivity index (χ3n) is 2.54. The maximum absolute atomic E-state index is 11.7. The first-order valence-electron chi connectivity index (χ1n) is 5.56. The van der Waals surface area contributed by atoms with Crippen LogP contribution in [-0.4, -0.2) is 13.1 Å². The number of carbonyl (C=O) groups is 1. The third-order valence-corrected chi connectivity index (χ3v) is 4.48. The summed E-state index contributed by atoms with van der Waals surface area (Å²) in [4.78, 5) is 11.7. The summed E-state index contributed by atoms with van der Waals surface area (Å²) in [6.07, 6.45) is 0. The molecule has 2 rings (SSSR count). The molecule has 0 aliphatic rings. The number of carbonyl (C=O) groups excluding carboxylic acids is 1. The van der Waals surface area contributed by atoms with Gasteiger partial charge in [-0.15, -0.1) is 0 Å². The minimum absolute atomic E-state index is 0.411. The zero-order chi connectivity index (χ0) is 14.7. The first-order valence-corrected chi connectivity index (χ1v) is 7.53. The molecule has 0 saturated heterocycles. The van der Waals surface area contributed by atoms with Crippen LogP contribution in [0, 0.1) is 0 Å². The molecule has 1 heterocycles. The van der Waals surface area contributed by atoms with Crippen molar-refractivity contribution in [1.29, 1.82) is 0 Å². The largest absolute Gasteiger partial charge is 0.465 e. The molecule has 106 valence electrons. The van der Waals surface area contributed by atoms with E-state index in [0.717, 1.165) is 4.47 Å². The summed E-state index contributed by atoms with van der Waals surface area (Å²) in [6, 6.07) is 6.75. The predicted octanol–water partition coefficient (Wildman–Crippen LogP) is 4.86. The monoisotopic (exact) mass is 421 g/mol. The highest BCUT2D eigenvalue weighted by Crippen LogP contribution is 2.28. The van der Waals surface area contributed by atoms with Crippen LogP contribution in [0.1, 0.15) is 16.1 Å². The summed E-state index contributed by atoms with van der Waals surface area (Å²) < 4.78 is 11.6. The van der Waals surface area contributed by atoms with Gasteiger partial charge in [0.15, 0.2) is 4.67 Å². The van der Waals surface area contributed by atoms with Gasteiger partial charge in [-0.3, -0.25) is 0 Å². The Morgan fingerprint density at radius 3 is 2.75 bits per heavy atom. The smallest absolute Gasteiger partial charge is 0.339 e. The Balaban J connectivity index is 2.19. The Morgan fingerprint density at radius 2 is 2.15 bits per heavy atom. The van der Waals surface area contributed by atoms with Crippen LogP contribution in [0.3, 0.4) is 0 Å². The van der Waals surface area contributed by atoms with Gasteiger partial charge in [-0.25, -0.2) is 4.79 Å². The molecule has 1 aromatic carbocycles. The highest BCUT2D eigenvalue weighted by atomic mass is 79.9. The topological polar surface area (TPSA) is 51.5 Å². The fourth-order valence-electron chi connectivity index (χ4n) is 1.61. The van der Waals surface area contributed by atoms with Crippen molar-refractivity contribution in [3.63, 3.8) is 0 Å². The van der Waals surface area contributed by atoms with Crippen molar-refractivity contribution in [2.45, 2.75) is 6.54 Å². The quantitative estimate of drug-likeness (QED) is 0.714. The fraction of sp³-hybridized carbons (Fsp3) is 0.154. The van der Waals surface area contributed by atoms with Gasteiger partial charge in [0.05, 0.1) is 29.4 Å². The average molecular weight is 423 g/mol. The van der Waals surface area contributed by atoms with E-state index in [2.05, 4.69) is 37.2 Å². The molecule has 1 N–H and O–H groups in total. The number of hydrogen-bond donors (Lipinski definition) is 1. The molecule has 0 unspecified atom stereocenters. The van der Waals surface area contributed by atoms with Gasteiger partial charge in [0.1, 0.15) is 5.76 Å². The van der Waals surface area contributed by atoms with Crippen molar-refractivity contribution in [1.82, 2.24) is 0 Å². The van der Waals surface area contributed by atoms with Crippen molar-refractivity contribution in [3.05, 3.63) is 49.8 Å². The first-order chi connectivity index (χ1) is 9.51. The standard InChI is InChI=1S/C13H10Br2ClNO3/c1-19-13(18)9-3-2-7(16)4-11(9)17-6-8-5-10(14)12(15)20-8/h2-5,17H,6H2,1H3. The van der Waals surface area contributed by atoms with Gasteiger partial charge in [0.25, 0.3) is 0 Å². The first kappa shape index (κ1) is 15.4. The molecule has 0 bridgehead atoms. The van der Waals surface area contributed by atoms with Gasteiger partial charge in [-0.05, 0) is 56.1 Å². The predicted molar refractivity (Wildman–Crippen MR) is 84.2 cm³/mol. The van der Waals surface area contributed by atoms with Crippen molar-refractivity contribution in [2.75, 3.05) is 12.4 Å². The fourth-order valence-corrected chi connectivity index (χ4v) is 2.44. The van der Waals surface area contributed by atoms with E-state index in [-0.39, 0.29) is 0 Å². The van der Waals surface area contributed by atoms with E-state index in [1.807, 2.05) is 6.07 Å². The number of esters is 1. The Bertz CT molecular complexity index is 623. The number of ether oxygens (including phenoxy) is 1. The molecule has 2 aromatic rings. The number of furan rings is 1. The minimum Gasteiger partial charge on any atom is -0.465 e. The van der Waals surface area contributed by atoms with Crippen LogP contribution in [0.5, 0.6) is 0 Å². The number of halogens is 3. The van der Waals surface area contributed by atoms with Crippen molar-refractivity contribution in [2.24, 2.45) is 0 Å². The van der Waals surface area contributed by atoms with Gasteiger partial charge in [0, 0.05) is 5.02 Å². The number of benzene rings is 1. The molecule has 20 heavy (non-hydrogen) atoms. The molecule has 0 amide bonds. The van der Waals surface area contributed by atoms with Crippen LogP contribution < -0.4 is 5.32 Å². The highest BCUT2D eigenvalue weighted by molar-refractivity contribution is 9.13. The highest BCUT2D eigenvalue weighted by Gasteiger charge is 2.13. The van der Waals surface area contributed by atoms with E-state index in [1.54, 1.807) is 18.2 Å². The van der Waals surface area contributed by atoms with Crippen LogP contribution in [0.15, 0.2) is 37.8 Å². The summed E-state index contributed by atoms with van der Waals surface area (Å²) in [5, 5.41) is 3.64. The normalized spacial score (nSPS) is 10.4. The molecule has 4 nitrogen and oxygen atoms in total. The SMILES string of the molecule is COC(=O)c1ccc(Cl)cc1NCc1cc(Br)c(Br)o1. The van der Waals surface area contributed by atoms with Crippen LogP contribution in [0.2, 0.25) is 5.02 Å². The van der Waals surface area contributed by atoms with E-state index >= 15 is 0 Å². The second-order valence-electron chi connectivity index (χ2n) is 3.87. The Morgan fingerprint density at radius 1 is 1.40 bits per heavy atom. The van der Waals surface area contributed by atoms with Crippen molar-refractivity contribution < 1.29 is 13.9 Å². The summed E-state index contributed by atoms with van der Waals surface area (Å²) in [6.45, 7) is 0.411. The second kappa shape index (κ2) is 6.65. The molecule has 0 radical (unpaired) electrons. The molecule has 0 aliphatic heterocycles. The summed E-state index contributed by atoms with van der Waals surface area (Å²) >= 11 is 12.6. The molecule has 0 spiro atoms. The van der Waals surface area contributed by atoms with E-state index in [0.29, 0.717) is 33.2 Å². The number of hydrogen-bond acceptors (Lipinski definition) is 4. The lowest BCUT2D eigenvalue weighted by Crippen LogP contribution is -2.08. The number of methoxy groups -OCH3 is 1. The maximum atomic E-state index is 11.7. The van der Waals surface area contributed by atoms with Crippen LogP contribution >= 0.6 is 43.5 Å². The van der Waals surface area contributed by atoms with Gasteiger partial charge in [-0.1, -0.05) is 11.6 Å². The molecule has 0 atom stereocenters. The second-order valence-corrected chi connectivity index (χ2v) is 5.88. The van der Waals surface area contributed by atoms with Crippen LogP contribution in [0.25, 0.3) is 0 Å². The van der Waals surface area contributed by atoms with E-state index in [9.17, 15) is 4.79 Å². The summed E-state index contributed by atoms with van der Waals surface area (Å²) in [5.41, 5.74) is 1.01. The van der Waals surface area contributed by atoms with Gasteiger partial charge >= 0.3 is 5.97 Å². The zero-order valence-corrected chi connectivity index (χ0v) is 14.3. The number of anilines is 1. The van der Waals surface area contributed by atoms with E-state index in [1.165, 1.54) is 7.11 Å². The molecule has 7 heteroatoms. The molecule has 0 fully saturated rings. The summed E-state index contributed by atoms with van der Waals surface area (Å²) in [5.74, 6) is 0.283. The van der Waals surface area contributed by atoms with E-state index in [4.69, 9.17) is 20.8 Å². The third kappa shape index (κ3) is 3.56. The molecule has 1 aromatic heterocycles.